The first-order valence-corrected chi connectivity index (χ1v) is 8.31. The van der Waals surface area contributed by atoms with Gasteiger partial charge in [0, 0.05) is 27.8 Å². The van der Waals surface area contributed by atoms with Crippen molar-refractivity contribution in [2.45, 2.75) is 38.8 Å². The van der Waals surface area contributed by atoms with Crippen LogP contribution in [0.1, 0.15) is 47.7 Å². The van der Waals surface area contributed by atoms with E-state index < -0.39 is 0 Å². The van der Waals surface area contributed by atoms with Gasteiger partial charge in [0.1, 0.15) is 17.7 Å². The molecule has 0 fully saturated rings. The summed E-state index contributed by atoms with van der Waals surface area (Å²) >= 11 is 1.81. The Morgan fingerprint density at radius 2 is 2.14 bits per heavy atom. The van der Waals surface area contributed by atoms with E-state index >= 15 is 0 Å². The van der Waals surface area contributed by atoms with Crippen LogP contribution in [0.15, 0.2) is 30.3 Å². The van der Waals surface area contributed by atoms with E-state index in [-0.39, 0.29) is 18.0 Å². The summed E-state index contributed by atoms with van der Waals surface area (Å²) in [5, 5.41) is 3.45. The lowest BCUT2D eigenvalue weighted by Gasteiger charge is -2.32. The van der Waals surface area contributed by atoms with Crippen molar-refractivity contribution < 1.29 is 9.13 Å². The van der Waals surface area contributed by atoms with Gasteiger partial charge in [-0.15, -0.1) is 11.3 Å². The van der Waals surface area contributed by atoms with E-state index in [9.17, 15) is 4.39 Å². The molecule has 2 aromatic rings. The van der Waals surface area contributed by atoms with Crippen molar-refractivity contribution in [2.75, 3.05) is 6.54 Å². The Balaban J connectivity index is 1.91. The molecule has 0 amide bonds. The third-order valence-corrected chi connectivity index (χ3v) is 5.19. The smallest absolute Gasteiger partial charge is 0.135 e. The Morgan fingerprint density at radius 1 is 1.29 bits per heavy atom. The summed E-state index contributed by atoms with van der Waals surface area (Å²) in [6, 6.07) is 9.28. The zero-order valence-electron chi connectivity index (χ0n) is 12.4. The minimum atomic E-state index is -0.205. The molecule has 0 saturated carbocycles. The van der Waals surface area contributed by atoms with Crippen molar-refractivity contribution in [3.8, 4) is 5.75 Å². The number of thiophene rings is 1. The highest BCUT2D eigenvalue weighted by Gasteiger charge is 2.30. The van der Waals surface area contributed by atoms with Gasteiger partial charge >= 0.3 is 0 Å². The molecule has 2 atom stereocenters. The van der Waals surface area contributed by atoms with Crippen molar-refractivity contribution in [1.29, 1.82) is 0 Å². The number of hydrogen-bond donors (Lipinski definition) is 1. The number of hydrogen-bond acceptors (Lipinski definition) is 3. The highest BCUT2D eigenvalue weighted by molar-refractivity contribution is 7.12. The van der Waals surface area contributed by atoms with Crippen LogP contribution in [0.2, 0.25) is 0 Å². The molecule has 1 aromatic heterocycles. The van der Waals surface area contributed by atoms with Gasteiger partial charge in [0.25, 0.3) is 0 Å². The minimum Gasteiger partial charge on any atom is -0.484 e. The van der Waals surface area contributed by atoms with Crippen LogP contribution in [0.25, 0.3) is 0 Å². The number of nitrogens with one attached hydrogen (secondary N) is 1. The molecule has 1 aliphatic rings. The van der Waals surface area contributed by atoms with E-state index in [1.165, 1.54) is 15.8 Å². The van der Waals surface area contributed by atoms with Crippen molar-refractivity contribution >= 4 is 11.3 Å². The average molecular weight is 305 g/mol. The molecule has 2 unspecified atom stereocenters. The van der Waals surface area contributed by atoms with Crippen molar-refractivity contribution in [3.05, 3.63) is 51.5 Å². The van der Waals surface area contributed by atoms with Gasteiger partial charge in [0.15, 0.2) is 0 Å². The number of halogens is 1. The Kier molecular flexibility index (Phi) is 4.27. The van der Waals surface area contributed by atoms with Crippen LogP contribution in [0.4, 0.5) is 4.39 Å². The third kappa shape index (κ3) is 2.97. The number of aryl methyl sites for hydroxylation is 1. The molecule has 1 N–H and O–H groups in total. The summed E-state index contributed by atoms with van der Waals surface area (Å²) in [7, 11) is 0. The third-order valence-electron chi connectivity index (χ3n) is 3.87. The number of ether oxygens (including phenoxy) is 1. The van der Waals surface area contributed by atoms with E-state index in [0.717, 1.165) is 30.7 Å². The van der Waals surface area contributed by atoms with Crippen LogP contribution in [0.3, 0.4) is 0 Å². The van der Waals surface area contributed by atoms with Crippen LogP contribution in [-0.2, 0) is 6.42 Å². The van der Waals surface area contributed by atoms with Gasteiger partial charge in [0.2, 0.25) is 0 Å². The van der Waals surface area contributed by atoms with E-state index in [2.05, 4.69) is 31.3 Å². The molecule has 0 spiro atoms. The normalized spacial score (nSPS) is 20.9. The molecule has 0 radical (unpaired) electrons. The zero-order chi connectivity index (χ0) is 14.8. The van der Waals surface area contributed by atoms with Gasteiger partial charge < -0.3 is 10.1 Å². The van der Waals surface area contributed by atoms with Gasteiger partial charge in [0.05, 0.1) is 0 Å². The maximum atomic E-state index is 13.5. The number of fused-ring (bicyclic) bond motifs is 1. The Hall–Kier alpha value is -1.39. The second-order valence-corrected chi connectivity index (χ2v) is 6.49. The lowest BCUT2D eigenvalue weighted by molar-refractivity contribution is 0.155. The molecular weight excluding hydrogens is 285 g/mol. The molecule has 0 saturated heterocycles. The highest BCUT2D eigenvalue weighted by Crippen LogP contribution is 2.42. The summed E-state index contributed by atoms with van der Waals surface area (Å²) in [5.74, 6) is 0.591. The van der Waals surface area contributed by atoms with Gasteiger partial charge in [-0.1, -0.05) is 13.8 Å². The van der Waals surface area contributed by atoms with Crippen molar-refractivity contribution in [1.82, 2.24) is 5.32 Å². The monoisotopic (exact) mass is 305 g/mol. The summed E-state index contributed by atoms with van der Waals surface area (Å²) in [4.78, 5) is 2.63. The fraction of sp³-hybridized carbons (Fsp3) is 0.412. The van der Waals surface area contributed by atoms with E-state index in [4.69, 9.17) is 4.74 Å². The molecule has 4 heteroatoms. The molecule has 2 nitrogen and oxygen atoms in total. The summed E-state index contributed by atoms with van der Waals surface area (Å²) < 4.78 is 19.6. The lowest BCUT2D eigenvalue weighted by atomic mass is 9.95. The Labute approximate surface area is 129 Å². The molecule has 0 bridgehead atoms. The van der Waals surface area contributed by atoms with Crippen molar-refractivity contribution in [2.24, 2.45) is 0 Å². The second-order valence-electron chi connectivity index (χ2n) is 5.29. The SMILES string of the molecule is CCNC1CC(c2ccc(CC)s2)Oc2ccc(F)cc21. The number of rotatable bonds is 4. The Morgan fingerprint density at radius 3 is 2.86 bits per heavy atom. The fourth-order valence-corrected chi connectivity index (χ4v) is 3.81. The molecule has 21 heavy (non-hydrogen) atoms. The first-order valence-electron chi connectivity index (χ1n) is 7.49. The molecular formula is C17H20FNOS. The first-order chi connectivity index (χ1) is 10.2. The molecule has 2 heterocycles. The van der Waals surface area contributed by atoms with Crippen LogP contribution in [0.5, 0.6) is 5.75 Å². The van der Waals surface area contributed by atoms with E-state index in [1.54, 1.807) is 12.1 Å². The van der Waals surface area contributed by atoms with E-state index in [0.29, 0.717) is 0 Å². The van der Waals surface area contributed by atoms with Crippen molar-refractivity contribution in [3.63, 3.8) is 0 Å². The summed E-state index contributed by atoms with van der Waals surface area (Å²) in [5.41, 5.74) is 0.931. The zero-order valence-corrected chi connectivity index (χ0v) is 13.2. The largest absolute Gasteiger partial charge is 0.484 e. The predicted octanol–water partition coefficient (Wildman–Crippen LogP) is 4.62. The second kappa shape index (κ2) is 6.16. The fourth-order valence-electron chi connectivity index (χ4n) is 2.81. The van der Waals surface area contributed by atoms with Gasteiger partial charge in [-0.3, -0.25) is 0 Å². The Bertz CT molecular complexity index is 625. The summed E-state index contributed by atoms with van der Waals surface area (Å²) in [6.07, 6.45) is 1.95. The lowest BCUT2D eigenvalue weighted by Crippen LogP contribution is -2.28. The van der Waals surface area contributed by atoms with Gasteiger partial charge in [-0.2, -0.15) is 0 Å². The van der Waals surface area contributed by atoms with Crippen LogP contribution in [0, 0.1) is 5.82 Å². The van der Waals surface area contributed by atoms with Crippen LogP contribution in [-0.4, -0.2) is 6.54 Å². The van der Waals surface area contributed by atoms with E-state index in [1.807, 2.05) is 11.3 Å². The summed E-state index contributed by atoms with van der Waals surface area (Å²) in [6.45, 7) is 5.10. The maximum Gasteiger partial charge on any atom is 0.135 e. The highest BCUT2D eigenvalue weighted by atomic mass is 32.1. The standard InChI is InChI=1S/C17H20FNOS/c1-3-12-6-8-17(21-12)16-10-14(19-4-2)13-9-11(18)5-7-15(13)20-16/h5-9,14,16,19H,3-4,10H2,1-2H3. The topological polar surface area (TPSA) is 21.3 Å². The molecule has 1 aromatic carbocycles. The minimum absolute atomic E-state index is 0.0531. The van der Waals surface area contributed by atoms with Gasteiger partial charge in [-0.05, 0) is 43.3 Å². The van der Waals surface area contributed by atoms with Crippen LogP contribution < -0.4 is 10.1 Å². The predicted molar refractivity (Wildman–Crippen MR) is 84.5 cm³/mol. The molecule has 3 rings (SSSR count). The van der Waals surface area contributed by atoms with Gasteiger partial charge in [-0.25, -0.2) is 4.39 Å². The molecule has 0 aliphatic carbocycles. The van der Waals surface area contributed by atoms with Crippen LogP contribution >= 0.6 is 11.3 Å². The quantitative estimate of drug-likeness (QED) is 0.889. The average Bonchev–Trinajstić information content (AvgIpc) is 2.97. The molecule has 112 valence electrons. The number of benzene rings is 1. The maximum absolute atomic E-state index is 13.5. The first kappa shape index (κ1) is 14.5. The molecule has 1 aliphatic heterocycles.